The highest BCUT2D eigenvalue weighted by atomic mass is 15.1. The van der Waals surface area contributed by atoms with Gasteiger partial charge in [-0.3, -0.25) is 9.97 Å². The van der Waals surface area contributed by atoms with Gasteiger partial charge in [0.2, 0.25) is 0 Å². The van der Waals surface area contributed by atoms with Gasteiger partial charge in [-0.25, -0.2) is 4.98 Å². The highest BCUT2D eigenvalue weighted by Gasteiger charge is 2.30. The summed E-state index contributed by atoms with van der Waals surface area (Å²) in [6.45, 7) is 2.21. The predicted molar refractivity (Wildman–Crippen MR) is 153 cm³/mol. The van der Waals surface area contributed by atoms with Gasteiger partial charge in [-0.05, 0) is 104 Å². The largest absolute Gasteiger partial charge is 0.371 e. The number of benzene rings is 2. The van der Waals surface area contributed by atoms with Crippen molar-refractivity contribution >= 4 is 22.5 Å². The molecule has 6 heteroatoms. The minimum Gasteiger partial charge on any atom is -0.371 e. The minimum absolute atomic E-state index is 0.458. The number of nitrogens with zero attached hydrogens (tertiary/aromatic N) is 5. The summed E-state index contributed by atoms with van der Waals surface area (Å²) in [5.41, 5.74) is 6.07. The van der Waals surface area contributed by atoms with E-state index in [1.807, 2.05) is 24.4 Å². The number of fused-ring (bicyclic) bond motifs is 1. The molecule has 0 bridgehead atoms. The second-order valence-electron chi connectivity index (χ2n) is 10.8. The standard InChI is InChI=1S/C32H34N6/c33-21-23-7-10-28(11-8-23)38-17-3-4-24(22-38)18-27-5-1-2-6-29(27)37-32-20-26(13-14-36-32)25-9-12-30-31(19-25)35-16-15-34-30/h7-16,19-20,24,27,29H,1-6,17-18,22H2,(H,36,37)/t24-,27+,29-/m1/s1. The van der Waals surface area contributed by atoms with E-state index in [1.54, 1.807) is 12.4 Å². The van der Waals surface area contributed by atoms with Crippen LogP contribution in [0.1, 0.15) is 50.5 Å². The van der Waals surface area contributed by atoms with Crippen molar-refractivity contribution in [3.05, 3.63) is 78.8 Å². The second-order valence-corrected chi connectivity index (χ2v) is 10.8. The van der Waals surface area contributed by atoms with Crippen molar-refractivity contribution in [2.75, 3.05) is 23.3 Å². The first-order valence-electron chi connectivity index (χ1n) is 13.9. The van der Waals surface area contributed by atoms with Crippen LogP contribution in [-0.2, 0) is 0 Å². The molecule has 0 amide bonds. The molecule has 1 saturated heterocycles. The first kappa shape index (κ1) is 24.4. The molecule has 6 rings (SSSR count). The van der Waals surface area contributed by atoms with Crippen molar-refractivity contribution in [3.63, 3.8) is 0 Å². The zero-order chi connectivity index (χ0) is 25.7. The molecule has 3 heterocycles. The smallest absolute Gasteiger partial charge is 0.126 e. The SMILES string of the molecule is N#Cc1ccc(N2CCC[C@H](C[C@@H]3CCCC[C@H]3Nc3cc(-c4ccc5nccnc5c4)ccn3)C2)cc1. The number of pyridine rings is 1. The van der Waals surface area contributed by atoms with E-state index in [2.05, 4.69) is 62.7 Å². The van der Waals surface area contributed by atoms with Crippen LogP contribution in [0.2, 0.25) is 0 Å². The number of rotatable bonds is 6. The summed E-state index contributed by atoms with van der Waals surface area (Å²) < 4.78 is 0. The molecule has 1 aliphatic heterocycles. The molecule has 1 aliphatic carbocycles. The maximum atomic E-state index is 9.13. The van der Waals surface area contributed by atoms with Crippen molar-refractivity contribution in [1.82, 2.24) is 15.0 Å². The van der Waals surface area contributed by atoms with Crippen LogP contribution in [0, 0.1) is 23.2 Å². The van der Waals surface area contributed by atoms with Crippen molar-refractivity contribution in [1.29, 1.82) is 5.26 Å². The van der Waals surface area contributed by atoms with Crippen molar-refractivity contribution in [2.45, 2.75) is 51.0 Å². The van der Waals surface area contributed by atoms with Gasteiger partial charge in [-0.1, -0.05) is 18.9 Å². The van der Waals surface area contributed by atoms with E-state index in [0.717, 1.165) is 46.6 Å². The Balaban J connectivity index is 1.13. The average Bonchev–Trinajstić information content (AvgIpc) is 2.98. The molecule has 0 radical (unpaired) electrons. The van der Waals surface area contributed by atoms with Crippen molar-refractivity contribution < 1.29 is 0 Å². The third kappa shape index (κ3) is 5.47. The highest BCUT2D eigenvalue weighted by molar-refractivity contribution is 5.81. The normalized spacial score (nSPS) is 21.7. The molecular weight excluding hydrogens is 468 g/mol. The van der Waals surface area contributed by atoms with Gasteiger partial charge in [0, 0.05) is 43.4 Å². The number of hydrogen-bond acceptors (Lipinski definition) is 6. The number of nitriles is 1. The quantitative estimate of drug-likeness (QED) is 0.311. The summed E-state index contributed by atoms with van der Waals surface area (Å²) in [7, 11) is 0. The fourth-order valence-corrected chi connectivity index (χ4v) is 6.37. The van der Waals surface area contributed by atoms with Gasteiger partial charge < -0.3 is 10.2 Å². The summed E-state index contributed by atoms with van der Waals surface area (Å²) >= 11 is 0. The number of anilines is 2. The number of nitrogens with one attached hydrogen (secondary N) is 1. The highest BCUT2D eigenvalue weighted by Crippen LogP contribution is 2.35. The van der Waals surface area contributed by atoms with Crippen LogP contribution in [0.5, 0.6) is 0 Å². The summed E-state index contributed by atoms with van der Waals surface area (Å²) in [6.07, 6.45) is 14.3. The van der Waals surface area contributed by atoms with E-state index >= 15 is 0 Å². The van der Waals surface area contributed by atoms with Gasteiger partial charge in [0.1, 0.15) is 5.82 Å². The molecule has 1 saturated carbocycles. The Morgan fingerprint density at radius 3 is 2.50 bits per heavy atom. The number of piperidine rings is 1. The molecule has 38 heavy (non-hydrogen) atoms. The Kier molecular flexibility index (Phi) is 7.17. The van der Waals surface area contributed by atoms with Gasteiger partial charge in [0.15, 0.2) is 0 Å². The third-order valence-corrected chi connectivity index (χ3v) is 8.32. The lowest BCUT2D eigenvalue weighted by atomic mass is 9.77. The first-order valence-corrected chi connectivity index (χ1v) is 13.9. The van der Waals surface area contributed by atoms with E-state index in [1.165, 1.54) is 50.6 Å². The fourth-order valence-electron chi connectivity index (χ4n) is 6.37. The van der Waals surface area contributed by atoms with E-state index in [-0.39, 0.29) is 0 Å². The fraction of sp³-hybridized carbons (Fsp3) is 0.375. The zero-order valence-corrected chi connectivity index (χ0v) is 21.8. The minimum atomic E-state index is 0.458. The Morgan fingerprint density at radius 1 is 0.816 bits per heavy atom. The lowest BCUT2D eigenvalue weighted by Gasteiger charge is -2.39. The molecule has 3 atom stereocenters. The van der Waals surface area contributed by atoms with Crippen molar-refractivity contribution in [3.8, 4) is 17.2 Å². The monoisotopic (exact) mass is 502 g/mol. The molecule has 2 aromatic carbocycles. The molecule has 0 spiro atoms. The molecule has 2 aliphatic rings. The molecule has 1 N–H and O–H groups in total. The van der Waals surface area contributed by atoms with Crippen LogP contribution >= 0.6 is 0 Å². The van der Waals surface area contributed by atoms with Gasteiger partial charge in [-0.2, -0.15) is 5.26 Å². The second kappa shape index (κ2) is 11.2. The molecule has 2 aromatic heterocycles. The Labute approximate surface area is 224 Å². The summed E-state index contributed by atoms with van der Waals surface area (Å²) in [6, 6.07) is 21.3. The van der Waals surface area contributed by atoms with Crippen LogP contribution < -0.4 is 10.2 Å². The van der Waals surface area contributed by atoms with E-state index in [9.17, 15) is 0 Å². The van der Waals surface area contributed by atoms with Gasteiger partial charge in [0.25, 0.3) is 0 Å². The van der Waals surface area contributed by atoms with Crippen LogP contribution in [0.4, 0.5) is 11.5 Å². The summed E-state index contributed by atoms with van der Waals surface area (Å²) in [5.74, 6) is 2.32. The van der Waals surface area contributed by atoms with E-state index in [4.69, 9.17) is 10.2 Å². The van der Waals surface area contributed by atoms with Crippen LogP contribution in [0.25, 0.3) is 22.2 Å². The summed E-state index contributed by atoms with van der Waals surface area (Å²) in [4.78, 5) is 16.1. The molecule has 4 aromatic rings. The maximum absolute atomic E-state index is 9.13. The average molecular weight is 503 g/mol. The zero-order valence-electron chi connectivity index (χ0n) is 21.8. The maximum Gasteiger partial charge on any atom is 0.126 e. The number of aromatic nitrogens is 3. The molecule has 192 valence electrons. The van der Waals surface area contributed by atoms with Gasteiger partial charge in [0.05, 0.1) is 22.7 Å². The lowest BCUT2D eigenvalue weighted by Crippen LogP contribution is -2.39. The van der Waals surface area contributed by atoms with Crippen molar-refractivity contribution in [2.24, 2.45) is 11.8 Å². The molecule has 2 fully saturated rings. The van der Waals surface area contributed by atoms with Crippen LogP contribution in [0.15, 0.2) is 73.2 Å². The topological polar surface area (TPSA) is 77.7 Å². The van der Waals surface area contributed by atoms with E-state index < -0.39 is 0 Å². The Bertz CT molecular complexity index is 1430. The van der Waals surface area contributed by atoms with E-state index in [0.29, 0.717) is 17.9 Å². The molecule has 6 nitrogen and oxygen atoms in total. The van der Waals surface area contributed by atoms with Gasteiger partial charge >= 0.3 is 0 Å². The predicted octanol–water partition coefficient (Wildman–Crippen LogP) is 6.84. The van der Waals surface area contributed by atoms with Crippen LogP contribution in [-0.4, -0.2) is 34.1 Å². The summed E-state index contributed by atoms with van der Waals surface area (Å²) in [5, 5.41) is 13.0. The van der Waals surface area contributed by atoms with Gasteiger partial charge in [-0.15, -0.1) is 0 Å². The first-order chi connectivity index (χ1) is 18.7. The Hall–Kier alpha value is -3.98. The molecular formula is C32H34N6. The number of hydrogen-bond donors (Lipinski definition) is 1. The third-order valence-electron chi connectivity index (χ3n) is 8.32. The lowest BCUT2D eigenvalue weighted by molar-refractivity contribution is 0.247. The molecule has 0 unspecified atom stereocenters. The Morgan fingerprint density at radius 2 is 1.63 bits per heavy atom. The van der Waals surface area contributed by atoms with Crippen LogP contribution in [0.3, 0.4) is 0 Å².